The Hall–Kier alpha value is -1.94. The molecule has 2 aliphatic rings. The standard InChI is InChI=1S/C24H33NO3.C3H8/c1-4-6-11-18-19(15-16-28-3)21-13-14-22(26)23(24(27)17-9-8-10-17)25(21)20(18)12-7-5-2;1-3-2/h4,6,11-12,17,23H,5,7-10,13-16H2,1-3H3;3H2,1-2H3/b6-4-,18-11-,20-12-;. The van der Waals surface area contributed by atoms with Crippen molar-refractivity contribution in [3.05, 3.63) is 34.0 Å². The highest BCUT2D eigenvalue weighted by Gasteiger charge is 2.40. The molecule has 1 unspecified atom stereocenters. The van der Waals surface area contributed by atoms with Gasteiger partial charge in [0.1, 0.15) is 0 Å². The zero-order valence-electron chi connectivity index (χ0n) is 20.2. The molecule has 1 aliphatic heterocycles. The second-order valence-corrected chi connectivity index (χ2v) is 8.63. The number of carbonyl (C=O) groups excluding carboxylic acids is 2. The molecule has 4 nitrogen and oxygen atoms in total. The van der Waals surface area contributed by atoms with E-state index in [-0.39, 0.29) is 17.5 Å². The predicted octanol–water partition coefficient (Wildman–Crippen LogP) is 4.46. The largest absolute Gasteiger partial charge is 0.384 e. The van der Waals surface area contributed by atoms with Crippen molar-refractivity contribution in [3.8, 4) is 0 Å². The number of unbranched alkanes of at least 4 members (excludes halogenated alkanes) is 1. The van der Waals surface area contributed by atoms with Gasteiger partial charge in [-0.15, -0.1) is 0 Å². The van der Waals surface area contributed by atoms with Crippen LogP contribution >= 0.6 is 0 Å². The van der Waals surface area contributed by atoms with Crippen LogP contribution in [0.4, 0.5) is 0 Å². The Morgan fingerprint density at radius 2 is 1.90 bits per heavy atom. The number of hydrogen-bond acceptors (Lipinski definition) is 3. The summed E-state index contributed by atoms with van der Waals surface area (Å²) in [6.45, 7) is 9.04. The number of Topliss-reactive ketones (excluding diaryl/α,β-unsaturated/α-hetero) is 2. The third-order valence-corrected chi connectivity index (χ3v) is 6.09. The van der Waals surface area contributed by atoms with E-state index in [1.165, 1.54) is 12.0 Å². The lowest BCUT2D eigenvalue weighted by molar-refractivity contribution is -0.136. The minimum Gasteiger partial charge on any atom is -0.384 e. The maximum absolute atomic E-state index is 13.2. The molecule has 1 aliphatic carbocycles. The van der Waals surface area contributed by atoms with Crippen LogP contribution in [0.15, 0.2) is 12.2 Å². The summed E-state index contributed by atoms with van der Waals surface area (Å²) in [5.41, 5.74) is 2.40. The topological polar surface area (TPSA) is 48.3 Å². The van der Waals surface area contributed by atoms with Crippen molar-refractivity contribution in [2.75, 3.05) is 13.7 Å². The van der Waals surface area contributed by atoms with Crippen LogP contribution in [-0.2, 0) is 27.2 Å². The van der Waals surface area contributed by atoms with E-state index in [0.717, 1.165) is 54.8 Å². The minimum absolute atomic E-state index is 0.0618. The number of hydrogen-bond donors (Lipinski definition) is 0. The van der Waals surface area contributed by atoms with Gasteiger partial charge in [-0.25, -0.2) is 0 Å². The van der Waals surface area contributed by atoms with Gasteiger partial charge in [-0.1, -0.05) is 64.3 Å². The summed E-state index contributed by atoms with van der Waals surface area (Å²) in [7, 11) is 1.72. The first-order valence-corrected chi connectivity index (χ1v) is 12.2. The number of methoxy groups -OCH3 is 1. The van der Waals surface area contributed by atoms with Crippen LogP contribution in [0.3, 0.4) is 0 Å². The highest BCUT2D eigenvalue weighted by Crippen LogP contribution is 2.34. The molecule has 0 N–H and O–H groups in total. The van der Waals surface area contributed by atoms with Crippen molar-refractivity contribution in [2.24, 2.45) is 5.92 Å². The molecule has 3 rings (SSSR count). The second kappa shape index (κ2) is 12.8. The summed E-state index contributed by atoms with van der Waals surface area (Å²) in [6, 6.07) is -0.633. The molecule has 1 saturated carbocycles. The minimum atomic E-state index is -0.633. The van der Waals surface area contributed by atoms with Gasteiger partial charge >= 0.3 is 0 Å². The van der Waals surface area contributed by atoms with Gasteiger partial charge in [0.25, 0.3) is 0 Å². The van der Waals surface area contributed by atoms with Gasteiger partial charge in [0.05, 0.1) is 6.61 Å². The average molecular weight is 428 g/mol. The average Bonchev–Trinajstić information content (AvgIpc) is 3.00. The highest BCUT2D eigenvalue weighted by atomic mass is 16.5. The molecule has 31 heavy (non-hydrogen) atoms. The Bertz CT molecular complexity index is 887. The van der Waals surface area contributed by atoms with Gasteiger partial charge in [-0.05, 0) is 44.6 Å². The summed E-state index contributed by atoms with van der Waals surface area (Å²) < 4.78 is 7.46. The maximum atomic E-state index is 13.2. The van der Waals surface area contributed by atoms with Crippen molar-refractivity contribution in [3.63, 3.8) is 0 Å². The summed E-state index contributed by atoms with van der Waals surface area (Å²) in [5.74, 6) is 0.280. The Morgan fingerprint density at radius 1 is 1.19 bits per heavy atom. The van der Waals surface area contributed by atoms with E-state index in [0.29, 0.717) is 19.4 Å². The molecule has 4 heteroatoms. The van der Waals surface area contributed by atoms with Crippen molar-refractivity contribution in [1.82, 2.24) is 4.57 Å². The summed E-state index contributed by atoms with van der Waals surface area (Å²) >= 11 is 0. The molecular formula is C27H41NO3. The van der Waals surface area contributed by atoms with E-state index in [4.69, 9.17) is 4.74 Å². The molecule has 0 amide bonds. The number of rotatable bonds is 8. The summed E-state index contributed by atoms with van der Waals surface area (Å²) in [5, 5.41) is 2.20. The summed E-state index contributed by atoms with van der Waals surface area (Å²) in [4.78, 5) is 26.1. The van der Waals surface area contributed by atoms with Crippen LogP contribution < -0.4 is 10.6 Å². The van der Waals surface area contributed by atoms with Crippen LogP contribution in [0.2, 0.25) is 0 Å². The lowest BCUT2D eigenvalue weighted by atomic mass is 9.78. The molecule has 0 saturated heterocycles. The number of fused-ring (bicyclic) bond motifs is 1. The Labute approximate surface area is 188 Å². The normalized spacial score (nSPS) is 19.9. The maximum Gasteiger partial charge on any atom is 0.166 e. The lowest BCUT2D eigenvalue weighted by Gasteiger charge is -2.32. The van der Waals surface area contributed by atoms with Gasteiger partial charge < -0.3 is 9.30 Å². The fraction of sp³-hybridized carbons (Fsp3) is 0.630. The molecule has 1 aromatic heterocycles. The molecule has 1 fully saturated rings. The number of nitrogens with zero attached hydrogens (tertiary/aromatic N) is 1. The quantitative estimate of drug-likeness (QED) is 0.576. The SMILES string of the molecule is CCC.C\C=C/C=c1/c(CCOC)c2n(/c1=C\CCC)C(C(=O)C1CCC1)C(=O)CC2. The highest BCUT2D eigenvalue weighted by molar-refractivity contribution is 6.06. The number of aromatic nitrogens is 1. The van der Waals surface area contributed by atoms with Crippen LogP contribution in [0, 0.1) is 5.92 Å². The first-order chi connectivity index (χ1) is 15.0. The van der Waals surface area contributed by atoms with E-state index >= 15 is 0 Å². The Kier molecular flexibility index (Phi) is 10.5. The van der Waals surface area contributed by atoms with Gasteiger partial charge in [-0.3, -0.25) is 9.59 Å². The monoisotopic (exact) mass is 427 g/mol. The predicted molar refractivity (Wildman–Crippen MR) is 129 cm³/mol. The first kappa shape index (κ1) is 25.3. The van der Waals surface area contributed by atoms with Crippen LogP contribution in [0.1, 0.15) is 89.9 Å². The third-order valence-electron chi connectivity index (χ3n) is 6.09. The van der Waals surface area contributed by atoms with Crippen LogP contribution in [-0.4, -0.2) is 29.9 Å². The molecule has 0 radical (unpaired) electrons. The fourth-order valence-electron chi connectivity index (χ4n) is 4.37. The van der Waals surface area contributed by atoms with E-state index in [1.54, 1.807) is 7.11 Å². The number of allylic oxidation sites excluding steroid dienone is 2. The number of ketones is 2. The Morgan fingerprint density at radius 3 is 2.45 bits per heavy atom. The van der Waals surface area contributed by atoms with Crippen molar-refractivity contribution in [1.29, 1.82) is 0 Å². The molecule has 0 bridgehead atoms. The van der Waals surface area contributed by atoms with Crippen molar-refractivity contribution < 1.29 is 14.3 Å². The number of ether oxygens (including phenoxy) is 1. The van der Waals surface area contributed by atoms with E-state index in [9.17, 15) is 9.59 Å². The number of carbonyl (C=O) groups is 2. The third kappa shape index (κ3) is 5.85. The van der Waals surface area contributed by atoms with Gasteiger partial charge in [0, 0.05) is 35.7 Å². The van der Waals surface area contributed by atoms with Gasteiger partial charge in [0.15, 0.2) is 17.6 Å². The first-order valence-electron chi connectivity index (χ1n) is 12.2. The van der Waals surface area contributed by atoms with Gasteiger partial charge in [0.2, 0.25) is 0 Å². The van der Waals surface area contributed by atoms with E-state index < -0.39 is 6.04 Å². The molecule has 172 valence electrons. The lowest BCUT2D eigenvalue weighted by Crippen LogP contribution is -2.44. The van der Waals surface area contributed by atoms with E-state index in [1.807, 2.05) is 19.1 Å². The van der Waals surface area contributed by atoms with Crippen molar-refractivity contribution >= 4 is 23.7 Å². The molecule has 0 spiro atoms. The fourth-order valence-corrected chi connectivity index (χ4v) is 4.37. The van der Waals surface area contributed by atoms with Crippen molar-refractivity contribution in [2.45, 2.75) is 91.5 Å². The molecule has 1 atom stereocenters. The molecule has 1 aromatic rings. The Balaban J connectivity index is 0.00000107. The van der Waals surface area contributed by atoms with Gasteiger partial charge in [-0.2, -0.15) is 0 Å². The van der Waals surface area contributed by atoms with E-state index in [2.05, 4.69) is 37.5 Å². The smallest absolute Gasteiger partial charge is 0.166 e. The molecule has 0 aromatic carbocycles. The zero-order chi connectivity index (χ0) is 22.8. The van der Waals surface area contributed by atoms with Crippen LogP contribution in [0.25, 0.3) is 12.2 Å². The molecular weight excluding hydrogens is 386 g/mol. The summed E-state index contributed by atoms with van der Waals surface area (Å²) in [6.07, 6.45) is 16.6. The molecule has 2 heterocycles. The van der Waals surface area contributed by atoms with Crippen LogP contribution in [0.5, 0.6) is 0 Å². The zero-order valence-corrected chi connectivity index (χ0v) is 20.2. The second-order valence-electron chi connectivity index (χ2n) is 8.63.